The number of carbonyl (C=O) groups excluding carboxylic acids is 3. The minimum Gasteiger partial charge on any atom is -0.453 e. The summed E-state index contributed by atoms with van der Waals surface area (Å²) in [4.78, 5) is 43.5. The van der Waals surface area contributed by atoms with Crippen molar-refractivity contribution in [2.75, 3.05) is 6.54 Å². The average molecular weight is 380 g/mol. The third-order valence-corrected chi connectivity index (χ3v) is 5.12. The van der Waals surface area contributed by atoms with E-state index >= 15 is 0 Å². The van der Waals surface area contributed by atoms with Gasteiger partial charge in [0.2, 0.25) is 5.78 Å². The molecule has 1 saturated heterocycles. The lowest BCUT2D eigenvalue weighted by Gasteiger charge is -2.24. The number of ketones is 1. The fourth-order valence-electron chi connectivity index (χ4n) is 3.33. The molecule has 3 rings (SSSR count). The van der Waals surface area contributed by atoms with E-state index in [4.69, 9.17) is 4.74 Å². The van der Waals surface area contributed by atoms with Crippen LogP contribution in [0.4, 0.5) is 0 Å². The number of amides is 1. The van der Waals surface area contributed by atoms with E-state index in [1.165, 1.54) is 4.90 Å². The summed E-state index contributed by atoms with van der Waals surface area (Å²) >= 11 is 0. The molecule has 28 heavy (non-hydrogen) atoms. The van der Waals surface area contributed by atoms with Gasteiger partial charge in [-0.05, 0) is 62.9 Å². The highest BCUT2D eigenvalue weighted by atomic mass is 16.5. The Bertz CT molecular complexity index is 895. The van der Waals surface area contributed by atoms with Crippen LogP contribution in [0.2, 0.25) is 0 Å². The number of aromatic nitrogens is 1. The van der Waals surface area contributed by atoms with Gasteiger partial charge >= 0.3 is 5.97 Å². The zero-order valence-electron chi connectivity index (χ0n) is 16.3. The van der Waals surface area contributed by atoms with E-state index in [0.29, 0.717) is 30.6 Å². The minimum atomic E-state index is -0.915. The molecule has 0 unspecified atom stereocenters. The second-order valence-electron chi connectivity index (χ2n) is 7.11. The molecule has 146 valence electrons. The third-order valence-electron chi connectivity index (χ3n) is 5.12. The summed E-state index contributed by atoms with van der Waals surface area (Å²) in [6, 6.07) is 9.80. The molecule has 1 fully saturated rings. The zero-order chi connectivity index (χ0) is 20.3. The summed E-state index contributed by atoms with van der Waals surface area (Å²) in [5.74, 6) is -1.10. The monoisotopic (exact) mass is 380 g/mol. The van der Waals surface area contributed by atoms with Crippen LogP contribution < -0.4 is 0 Å². The summed E-state index contributed by atoms with van der Waals surface area (Å²) < 4.78 is 5.43. The number of rotatable bonds is 5. The van der Waals surface area contributed by atoms with Gasteiger partial charge in [0.25, 0.3) is 5.91 Å². The van der Waals surface area contributed by atoms with Crippen molar-refractivity contribution >= 4 is 17.7 Å². The van der Waals surface area contributed by atoms with Gasteiger partial charge in [-0.1, -0.05) is 18.2 Å². The Hall–Kier alpha value is -3.02. The van der Waals surface area contributed by atoms with E-state index in [2.05, 4.69) is 4.98 Å². The van der Waals surface area contributed by atoms with Crippen LogP contribution in [0.25, 0.3) is 0 Å². The number of hydrogen-bond acceptors (Lipinski definition) is 5. The molecule has 0 spiro atoms. The Balaban J connectivity index is 1.68. The van der Waals surface area contributed by atoms with Gasteiger partial charge in [0, 0.05) is 18.3 Å². The minimum absolute atomic E-state index is 0.253. The van der Waals surface area contributed by atoms with Crippen LogP contribution >= 0.6 is 0 Å². The van der Waals surface area contributed by atoms with Crippen LogP contribution in [0.1, 0.15) is 51.7 Å². The topological polar surface area (TPSA) is 76.6 Å². The lowest BCUT2D eigenvalue weighted by atomic mass is 10.0. The van der Waals surface area contributed by atoms with Gasteiger partial charge < -0.3 is 9.64 Å². The van der Waals surface area contributed by atoms with Crippen LogP contribution in [0.5, 0.6) is 0 Å². The second kappa shape index (κ2) is 8.33. The molecule has 2 aromatic rings. The number of esters is 1. The molecule has 1 amide bonds. The van der Waals surface area contributed by atoms with Crippen molar-refractivity contribution in [1.29, 1.82) is 0 Å². The third kappa shape index (κ3) is 4.11. The molecule has 1 aromatic heterocycles. The lowest BCUT2D eigenvalue weighted by molar-refractivity contribution is -0.150. The van der Waals surface area contributed by atoms with E-state index in [1.54, 1.807) is 43.5 Å². The maximum Gasteiger partial charge on any atom is 0.329 e. The number of pyridine rings is 1. The highest BCUT2D eigenvalue weighted by Crippen LogP contribution is 2.22. The molecule has 0 aliphatic carbocycles. The van der Waals surface area contributed by atoms with Crippen LogP contribution in [0.15, 0.2) is 42.6 Å². The molecule has 0 saturated carbocycles. The van der Waals surface area contributed by atoms with Crippen LogP contribution in [0, 0.1) is 13.8 Å². The number of benzene rings is 1. The Labute approximate surface area is 164 Å². The summed E-state index contributed by atoms with van der Waals surface area (Å²) in [5.41, 5.74) is 2.90. The summed E-state index contributed by atoms with van der Waals surface area (Å²) in [7, 11) is 0. The Morgan fingerprint density at radius 2 is 1.93 bits per heavy atom. The number of hydrogen-bond donors (Lipinski definition) is 0. The number of Topliss-reactive ketones (excluding diaryl/α,β-unsaturated/α-hetero) is 1. The van der Waals surface area contributed by atoms with Crippen molar-refractivity contribution in [1.82, 2.24) is 9.88 Å². The number of nitrogens with zero attached hydrogens (tertiary/aromatic N) is 2. The highest BCUT2D eigenvalue weighted by Gasteiger charge is 2.37. The van der Waals surface area contributed by atoms with E-state index < -0.39 is 18.1 Å². The second-order valence-corrected chi connectivity index (χ2v) is 7.11. The molecule has 0 bridgehead atoms. The van der Waals surface area contributed by atoms with Crippen LogP contribution in [0.3, 0.4) is 0 Å². The molecular weight excluding hydrogens is 356 g/mol. The van der Waals surface area contributed by atoms with Crippen molar-refractivity contribution < 1.29 is 19.1 Å². The van der Waals surface area contributed by atoms with Crippen molar-refractivity contribution in [3.63, 3.8) is 0 Å². The number of ether oxygens (including phenoxy) is 1. The molecule has 2 atom stereocenters. The molecule has 0 N–H and O–H groups in total. The smallest absolute Gasteiger partial charge is 0.329 e. The first-order valence-electron chi connectivity index (χ1n) is 9.42. The van der Waals surface area contributed by atoms with Crippen LogP contribution in [-0.4, -0.2) is 46.2 Å². The van der Waals surface area contributed by atoms with Crippen molar-refractivity contribution in [3.8, 4) is 0 Å². The summed E-state index contributed by atoms with van der Waals surface area (Å²) in [5, 5.41) is 0. The van der Waals surface area contributed by atoms with Gasteiger partial charge in [-0.2, -0.15) is 0 Å². The average Bonchev–Trinajstić information content (AvgIpc) is 3.19. The number of carbonyl (C=O) groups is 3. The standard InChI is InChI=1S/C22H24N2O4/c1-14-9-10-17(13-15(14)2)20(25)16(3)28-22(27)19-8-6-12-24(19)21(26)18-7-4-5-11-23-18/h4-5,7,9-11,13,16,19H,6,8,12H2,1-3H3/t16-,19-/m0/s1. The largest absolute Gasteiger partial charge is 0.453 e. The van der Waals surface area contributed by atoms with Gasteiger partial charge in [0.1, 0.15) is 11.7 Å². The molecular formula is C22H24N2O4. The Kier molecular flexibility index (Phi) is 5.87. The summed E-state index contributed by atoms with van der Waals surface area (Å²) in [6.07, 6.45) is 1.85. The summed E-state index contributed by atoms with van der Waals surface area (Å²) in [6.45, 7) is 5.94. The van der Waals surface area contributed by atoms with E-state index in [9.17, 15) is 14.4 Å². The Morgan fingerprint density at radius 3 is 2.61 bits per heavy atom. The quantitative estimate of drug-likeness (QED) is 0.588. The fourth-order valence-corrected chi connectivity index (χ4v) is 3.33. The number of likely N-dealkylation sites (tertiary alicyclic amines) is 1. The van der Waals surface area contributed by atoms with Crippen molar-refractivity contribution in [2.45, 2.75) is 45.8 Å². The first-order valence-corrected chi connectivity index (χ1v) is 9.42. The van der Waals surface area contributed by atoms with Crippen molar-refractivity contribution in [3.05, 3.63) is 65.0 Å². The molecule has 1 aliphatic heterocycles. The van der Waals surface area contributed by atoms with Crippen LogP contribution in [-0.2, 0) is 9.53 Å². The zero-order valence-corrected chi connectivity index (χ0v) is 16.3. The van der Waals surface area contributed by atoms with Gasteiger partial charge in [-0.3, -0.25) is 14.6 Å². The predicted octanol–water partition coefficient (Wildman–Crippen LogP) is 3.12. The van der Waals surface area contributed by atoms with E-state index in [1.807, 2.05) is 19.9 Å². The molecule has 1 aliphatic rings. The van der Waals surface area contributed by atoms with Gasteiger partial charge in [0.05, 0.1) is 0 Å². The molecule has 6 nitrogen and oxygen atoms in total. The normalized spacial score (nSPS) is 17.2. The first-order chi connectivity index (χ1) is 13.4. The maximum absolute atomic E-state index is 12.7. The van der Waals surface area contributed by atoms with Gasteiger partial charge in [0.15, 0.2) is 6.10 Å². The highest BCUT2D eigenvalue weighted by molar-refractivity contribution is 6.01. The molecule has 1 aromatic carbocycles. The Morgan fingerprint density at radius 1 is 1.14 bits per heavy atom. The van der Waals surface area contributed by atoms with E-state index in [0.717, 1.165) is 11.1 Å². The fraction of sp³-hybridized carbons (Fsp3) is 0.364. The molecule has 0 radical (unpaired) electrons. The van der Waals surface area contributed by atoms with Gasteiger partial charge in [-0.15, -0.1) is 0 Å². The lowest BCUT2D eigenvalue weighted by Crippen LogP contribution is -2.43. The maximum atomic E-state index is 12.7. The first kappa shape index (κ1) is 19.7. The van der Waals surface area contributed by atoms with E-state index in [-0.39, 0.29) is 11.7 Å². The molecule has 6 heteroatoms. The van der Waals surface area contributed by atoms with Crippen molar-refractivity contribution in [2.24, 2.45) is 0 Å². The van der Waals surface area contributed by atoms with Gasteiger partial charge in [-0.25, -0.2) is 4.79 Å². The predicted molar refractivity (Wildman–Crippen MR) is 104 cm³/mol. The SMILES string of the molecule is Cc1ccc(C(=O)[C@H](C)OC(=O)[C@@H]2CCCN2C(=O)c2ccccn2)cc1C. The number of aryl methyl sites for hydroxylation is 2. The molecule has 2 heterocycles.